The van der Waals surface area contributed by atoms with E-state index < -0.39 is 0 Å². The Morgan fingerprint density at radius 2 is 2.19 bits per heavy atom. The van der Waals surface area contributed by atoms with Crippen LogP contribution in [0.25, 0.3) is 11.0 Å². The zero-order chi connectivity index (χ0) is 19.1. The van der Waals surface area contributed by atoms with Gasteiger partial charge in [0.25, 0.3) is 5.91 Å². The van der Waals surface area contributed by atoms with E-state index >= 15 is 0 Å². The zero-order valence-electron chi connectivity index (χ0n) is 15.9. The molecule has 2 aromatic heterocycles. The summed E-state index contributed by atoms with van der Waals surface area (Å²) in [5, 5.41) is 4.49. The van der Waals surface area contributed by atoms with Crippen LogP contribution < -0.4 is 0 Å². The Balaban J connectivity index is 1.62. The summed E-state index contributed by atoms with van der Waals surface area (Å²) < 4.78 is 15.1. The highest BCUT2D eigenvalue weighted by atomic mass is 19.1. The van der Waals surface area contributed by atoms with Crippen molar-refractivity contribution < 1.29 is 9.18 Å². The van der Waals surface area contributed by atoms with E-state index in [9.17, 15) is 9.18 Å². The molecule has 4 rings (SSSR count). The molecule has 3 aromatic rings. The SMILES string of the molecule is CC(C)Cc1cc(C(=O)N2CCC[C@@H]2c2nc3ccc(F)cc3[nH]2)n(C)n1. The van der Waals surface area contributed by atoms with Gasteiger partial charge in [0.15, 0.2) is 0 Å². The molecule has 0 bridgehead atoms. The summed E-state index contributed by atoms with van der Waals surface area (Å²) in [6.07, 6.45) is 2.60. The summed E-state index contributed by atoms with van der Waals surface area (Å²) in [5.74, 6) is 0.864. The fraction of sp³-hybridized carbons (Fsp3) is 0.450. The summed E-state index contributed by atoms with van der Waals surface area (Å²) in [4.78, 5) is 22.8. The smallest absolute Gasteiger partial charge is 0.272 e. The number of halogens is 1. The number of aromatic amines is 1. The Labute approximate surface area is 157 Å². The number of hydrogen-bond acceptors (Lipinski definition) is 3. The number of nitrogens with one attached hydrogen (secondary N) is 1. The third-order valence-corrected chi connectivity index (χ3v) is 5.06. The van der Waals surface area contributed by atoms with Crippen molar-refractivity contribution in [2.75, 3.05) is 6.54 Å². The molecular weight excluding hydrogens is 345 g/mol. The van der Waals surface area contributed by atoms with Gasteiger partial charge in [-0.1, -0.05) is 13.8 Å². The zero-order valence-corrected chi connectivity index (χ0v) is 15.9. The Hall–Kier alpha value is -2.70. The number of amides is 1. The van der Waals surface area contributed by atoms with Crippen LogP contribution >= 0.6 is 0 Å². The molecule has 7 heteroatoms. The van der Waals surface area contributed by atoms with E-state index in [4.69, 9.17) is 0 Å². The molecule has 1 aliphatic heterocycles. The van der Waals surface area contributed by atoms with Crippen LogP contribution in [0.2, 0.25) is 0 Å². The molecule has 0 radical (unpaired) electrons. The molecule has 1 fully saturated rings. The fourth-order valence-corrected chi connectivity index (χ4v) is 3.85. The number of likely N-dealkylation sites (tertiary alicyclic amines) is 1. The van der Waals surface area contributed by atoms with Crippen molar-refractivity contribution in [3.05, 3.63) is 47.3 Å². The molecule has 0 saturated carbocycles. The minimum atomic E-state index is -0.301. The number of aromatic nitrogens is 4. The second-order valence-electron chi connectivity index (χ2n) is 7.68. The van der Waals surface area contributed by atoms with Crippen molar-refractivity contribution in [1.82, 2.24) is 24.6 Å². The lowest BCUT2D eigenvalue weighted by Crippen LogP contribution is -2.32. The van der Waals surface area contributed by atoms with Gasteiger partial charge in [0.1, 0.15) is 17.3 Å². The number of carbonyl (C=O) groups is 1. The van der Waals surface area contributed by atoms with Gasteiger partial charge >= 0.3 is 0 Å². The molecule has 0 unspecified atom stereocenters. The number of nitrogens with zero attached hydrogens (tertiary/aromatic N) is 4. The maximum Gasteiger partial charge on any atom is 0.272 e. The van der Waals surface area contributed by atoms with Crippen LogP contribution in [0.3, 0.4) is 0 Å². The van der Waals surface area contributed by atoms with Crippen molar-refractivity contribution in [3.8, 4) is 0 Å². The molecule has 1 aliphatic rings. The number of fused-ring (bicyclic) bond motifs is 1. The van der Waals surface area contributed by atoms with Gasteiger partial charge in [0.2, 0.25) is 0 Å². The second kappa shape index (κ2) is 6.79. The lowest BCUT2D eigenvalue weighted by molar-refractivity contribution is 0.0719. The summed E-state index contributed by atoms with van der Waals surface area (Å²) in [7, 11) is 1.81. The number of benzene rings is 1. The van der Waals surface area contributed by atoms with Gasteiger partial charge < -0.3 is 9.88 Å². The molecule has 1 N–H and O–H groups in total. The number of H-pyrrole nitrogens is 1. The molecule has 27 heavy (non-hydrogen) atoms. The Morgan fingerprint density at radius 1 is 1.37 bits per heavy atom. The first kappa shape index (κ1) is 17.7. The van der Waals surface area contributed by atoms with Crippen LogP contribution in [0, 0.1) is 11.7 Å². The van der Waals surface area contributed by atoms with Gasteiger partial charge in [-0.05, 0) is 49.4 Å². The largest absolute Gasteiger partial charge is 0.340 e. The Morgan fingerprint density at radius 3 is 2.96 bits per heavy atom. The first-order chi connectivity index (χ1) is 12.9. The van der Waals surface area contributed by atoms with Crippen molar-refractivity contribution in [2.24, 2.45) is 13.0 Å². The standard InChI is InChI=1S/C20H24FN5O/c1-12(2)9-14-11-18(25(3)24-14)20(27)26-8-4-5-17(26)19-22-15-7-6-13(21)10-16(15)23-19/h6-7,10-12,17H,4-5,8-9H2,1-3H3,(H,22,23)/t17-/m1/s1. The van der Waals surface area contributed by atoms with E-state index in [0.29, 0.717) is 35.0 Å². The Kier molecular flexibility index (Phi) is 4.45. The maximum absolute atomic E-state index is 13.5. The van der Waals surface area contributed by atoms with E-state index in [0.717, 1.165) is 25.0 Å². The first-order valence-corrected chi connectivity index (χ1v) is 9.41. The molecule has 142 valence electrons. The Bertz CT molecular complexity index is 990. The average molecular weight is 369 g/mol. The van der Waals surface area contributed by atoms with Crippen LogP contribution in [-0.2, 0) is 13.5 Å². The predicted octanol–water partition coefficient (Wildman–Crippen LogP) is 3.61. The van der Waals surface area contributed by atoms with Gasteiger partial charge in [-0.15, -0.1) is 0 Å². The summed E-state index contributed by atoms with van der Waals surface area (Å²) in [5.41, 5.74) is 2.90. The topological polar surface area (TPSA) is 66.8 Å². The lowest BCUT2D eigenvalue weighted by atomic mass is 10.1. The second-order valence-corrected chi connectivity index (χ2v) is 7.68. The number of aryl methyl sites for hydroxylation is 1. The molecule has 1 amide bonds. The first-order valence-electron chi connectivity index (χ1n) is 9.41. The van der Waals surface area contributed by atoms with Crippen LogP contribution in [-0.4, -0.2) is 37.1 Å². The fourth-order valence-electron chi connectivity index (χ4n) is 3.85. The summed E-state index contributed by atoms with van der Waals surface area (Å²) in [6.45, 7) is 4.95. The van der Waals surface area contributed by atoms with E-state index in [1.165, 1.54) is 12.1 Å². The molecule has 3 heterocycles. The number of carbonyl (C=O) groups excluding carboxylic acids is 1. The van der Waals surface area contributed by atoms with Crippen LogP contribution in [0.1, 0.15) is 54.7 Å². The lowest BCUT2D eigenvalue weighted by Gasteiger charge is -2.23. The highest BCUT2D eigenvalue weighted by molar-refractivity contribution is 5.93. The number of rotatable bonds is 4. The van der Waals surface area contributed by atoms with E-state index in [-0.39, 0.29) is 17.8 Å². The number of imidazole rings is 1. The van der Waals surface area contributed by atoms with Crippen molar-refractivity contribution in [1.29, 1.82) is 0 Å². The third kappa shape index (κ3) is 3.34. The minimum Gasteiger partial charge on any atom is -0.340 e. The van der Waals surface area contributed by atoms with Crippen LogP contribution in [0.15, 0.2) is 24.3 Å². The third-order valence-electron chi connectivity index (χ3n) is 5.06. The van der Waals surface area contributed by atoms with Crippen molar-refractivity contribution >= 4 is 16.9 Å². The quantitative estimate of drug-likeness (QED) is 0.764. The highest BCUT2D eigenvalue weighted by Gasteiger charge is 2.34. The van der Waals surface area contributed by atoms with Crippen LogP contribution in [0.4, 0.5) is 4.39 Å². The van der Waals surface area contributed by atoms with Gasteiger partial charge in [-0.3, -0.25) is 9.48 Å². The van der Waals surface area contributed by atoms with Crippen LogP contribution in [0.5, 0.6) is 0 Å². The van der Waals surface area contributed by atoms with E-state index in [2.05, 4.69) is 28.9 Å². The monoisotopic (exact) mass is 369 g/mol. The predicted molar refractivity (Wildman–Crippen MR) is 101 cm³/mol. The number of hydrogen-bond donors (Lipinski definition) is 1. The molecule has 1 aromatic carbocycles. The normalized spacial score (nSPS) is 17.4. The summed E-state index contributed by atoms with van der Waals surface area (Å²) in [6, 6.07) is 6.26. The van der Waals surface area contributed by atoms with Crippen molar-refractivity contribution in [3.63, 3.8) is 0 Å². The minimum absolute atomic E-state index is 0.0332. The maximum atomic E-state index is 13.5. The van der Waals surface area contributed by atoms with Crippen molar-refractivity contribution in [2.45, 2.75) is 39.2 Å². The molecular formula is C20H24FN5O. The van der Waals surface area contributed by atoms with E-state index in [1.807, 2.05) is 18.0 Å². The molecule has 6 nitrogen and oxygen atoms in total. The highest BCUT2D eigenvalue weighted by Crippen LogP contribution is 2.33. The van der Waals surface area contributed by atoms with Gasteiger partial charge in [-0.25, -0.2) is 9.37 Å². The summed E-state index contributed by atoms with van der Waals surface area (Å²) >= 11 is 0. The molecule has 1 atom stereocenters. The van der Waals surface area contributed by atoms with E-state index in [1.54, 1.807) is 10.7 Å². The average Bonchev–Trinajstić information content (AvgIpc) is 3.30. The van der Waals surface area contributed by atoms with Gasteiger partial charge in [-0.2, -0.15) is 5.10 Å². The van der Waals surface area contributed by atoms with Gasteiger partial charge in [0.05, 0.1) is 22.8 Å². The van der Waals surface area contributed by atoms with Gasteiger partial charge in [0, 0.05) is 13.6 Å². The molecule has 0 aliphatic carbocycles. The molecule has 1 saturated heterocycles. The molecule has 0 spiro atoms.